The molecule has 21 heavy (non-hydrogen) atoms. The van der Waals surface area contributed by atoms with Crippen molar-refractivity contribution in [3.8, 4) is 0 Å². The maximum Gasteiger partial charge on any atom is 0.220 e. The molecule has 3 nitrogen and oxygen atoms in total. The van der Waals surface area contributed by atoms with Crippen molar-refractivity contribution < 1.29 is 4.79 Å². The number of carbonyl (C=O) groups excluding carboxylic acids is 1. The van der Waals surface area contributed by atoms with Gasteiger partial charge in [-0.3, -0.25) is 4.79 Å². The minimum absolute atomic E-state index is 0.0369. The molecule has 0 aromatic heterocycles. The molecule has 110 valence electrons. The van der Waals surface area contributed by atoms with E-state index in [9.17, 15) is 4.79 Å². The minimum atomic E-state index is -0.114. The molecule has 0 spiro atoms. The highest BCUT2D eigenvalue weighted by molar-refractivity contribution is 5.76. The van der Waals surface area contributed by atoms with E-state index in [1.807, 2.05) is 30.3 Å². The zero-order chi connectivity index (χ0) is 15.1. The van der Waals surface area contributed by atoms with E-state index in [-0.39, 0.29) is 11.9 Å². The predicted octanol–water partition coefficient (Wildman–Crippen LogP) is 2.74. The highest BCUT2D eigenvalue weighted by Gasteiger charge is 2.12. The van der Waals surface area contributed by atoms with Gasteiger partial charge in [0, 0.05) is 13.0 Å². The first-order valence-electron chi connectivity index (χ1n) is 7.29. The van der Waals surface area contributed by atoms with E-state index in [0.29, 0.717) is 13.0 Å². The van der Waals surface area contributed by atoms with E-state index in [1.54, 1.807) is 0 Å². The Morgan fingerprint density at radius 2 is 1.76 bits per heavy atom. The van der Waals surface area contributed by atoms with E-state index >= 15 is 0 Å². The number of benzene rings is 2. The van der Waals surface area contributed by atoms with Gasteiger partial charge in [0.25, 0.3) is 0 Å². The SMILES string of the molecule is Cc1ccc(CCC(=O)NC(CN)c2ccccc2)cc1. The molecular formula is C18H22N2O. The van der Waals surface area contributed by atoms with Crippen LogP contribution in [0.1, 0.15) is 29.2 Å². The van der Waals surface area contributed by atoms with Gasteiger partial charge in [-0.1, -0.05) is 60.2 Å². The number of hydrogen-bond acceptors (Lipinski definition) is 2. The summed E-state index contributed by atoms with van der Waals surface area (Å²) in [4.78, 5) is 12.1. The second-order valence-electron chi connectivity index (χ2n) is 5.25. The van der Waals surface area contributed by atoms with Crippen LogP contribution in [0.2, 0.25) is 0 Å². The van der Waals surface area contributed by atoms with Gasteiger partial charge in [0.1, 0.15) is 0 Å². The Morgan fingerprint density at radius 3 is 2.38 bits per heavy atom. The largest absolute Gasteiger partial charge is 0.348 e. The fourth-order valence-corrected chi connectivity index (χ4v) is 2.24. The molecule has 3 heteroatoms. The van der Waals surface area contributed by atoms with Crippen molar-refractivity contribution in [1.82, 2.24) is 5.32 Å². The van der Waals surface area contributed by atoms with Crippen molar-refractivity contribution >= 4 is 5.91 Å². The summed E-state index contributed by atoms with van der Waals surface area (Å²) < 4.78 is 0. The third kappa shape index (κ3) is 4.72. The summed E-state index contributed by atoms with van der Waals surface area (Å²) >= 11 is 0. The summed E-state index contributed by atoms with van der Waals surface area (Å²) in [6.07, 6.45) is 1.23. The molecule has 0 aliphatic heterocycles. The van der Waals surface area contributed by atoms with Crippen molar-refractivity contribution in [2.75, 3.05) is 6.54 Å². The monoisotopic (exact) mass is 282 g/mol. The fraction of sp³-hybridized carbons (Fsp3) is 0.278. The molecule has 2 aromatic rings. The number of nitrogens with one attached hydrogen (secondary N) is 1. The van der Waals surface area contributed by atoms with Gasteiger partial charge in [0.15, 0.2) is 0 Å². The summed E-state index contributed by atoms with van der Waals surface area (Å²) in [6.45, 7) is 2.46. The summed E-state index contributed by atoms with van der Waals surface area (Å²) in [5.74, 6) is 0.0369. The lowest BCUT2D eigenvalue weighted by atomic mass is 10.1. The normalized spacial score (nSPS) is 11.9. The van der Waals surface area contributed by atoms with Crippen LogP contribution in [0.25, 0.3) is 0 Å². The van der Waals surface area contributed by atoms with E-state index in [4.69, 9.17) is 5.73 Å². The average Bonchev–Trinajstić information content (AvgIpc) is 2.53. The standard InChI is InChI=1S/C18H22N2O/c1-14-7-9-15(10-8-14)11-12-18(21)20-17(13-19)16-5-3-2-4-6-16/h2-10,17H,11-13,19H2,1H3,(H,20,21). The smallest absolute Gasteiger partial charge is 0.220 e. The van der Waals surface area contributed by atoms with Crippen LogP contribution < -0.4 is 11.1 Å². The molecular weight excluding hydrogens is 260 g/mol. The van der Waals surface area contributed by atoms with E-state index in [1.165, 1.54) is 11.1 Å². The molecule has 0 aliphatic rings. The molecule has 0 fully saturated rings. The maximum absolute atomic E-state index is 12.1. The van der Waals surface area contributed by atoms with Crippen LogP contribution in [0.4, 0.5) is 0 Å². The molecule has 2 aromatic carbocycles. The number of hydrogen-bond donors (Lipinski definition) is 2. The lowest BCUT2D eigenvalue weighted by Gasteiger charge is -2.17. The molecule has 0 aliphatic carbocycles. The third-order valence-electron chi connectivity index (χ3n) is 3.53. The molecule has 0 saturated heterocycles. The average molecular weight is 282 g/mol. The first kappa shape index (κ1) is 15.3. The Kier molecular flexibility index (Phi) is 5.52. The van der Waals surface area contributed by atoms with Crippen LogP contribution in [0.5, 0.6) is 0 Å². The van der Waals surface area contributed by atoms with Crippen molar-refractivity contribution in [3.63, 3.8) is 0 Å². The zero-order valence-electron chi connectivity index (χ0n) is 12.4. The van der Waals surface area contributed by atoms with Crippen molar-refractivity contribution in [3.05, 3.63) is 71.3 Å². The fourth-order valence-electron chi connectivity index (χ4n) is 2.24. The van der Waals surface area contributed by atoms with Gasteiger partial charge in [-0.25, -0.2) is 0 Å². The highest BCUT2D eigenvalue weighted by atomic mass is 16.1. The van der Waals surface area contributed by atoms with E-state index in [0.717, 1.165) is 12.0 Å². The molecule has 1 amide bonds. The Morgan fingerprint density at radius 1 is 1.10 bits per heavy atom. The van der Waals surface area contributed by atoms with E-state index in [2.05, 4.69) is 36.5 Å². The molecule has 0 saturated carbocycles. The highest BCUT2D eigenvalue weighted by Crippen LogP contribution is 2.12. The van der Waals surface area contributed by atoms with Gasteiger partial charge in [0.2, 0.25) is 5.91 Å². The Labute approximate surface area is 126 Å². The molecule has 0 bridgehead atoms. The summed E-state index contributed by atoms with van der Waals surface area (Å²) in [5, 5.41) is 3.00. The number of carbonyl (C=O) groups is 1. The van der Waals surface area contributed by atoms with Crippen LogP contribution in [-0.2, 0) is 11.2 Å². The molecule has 0 radical (unpaired) electrons. The van der Waals surface area contributed by atoms with Crippen LogP contribution in [0, 0.1) is 6.92 Å². The number of rotatable bonds is 6. The Bertz CT molecular complexity index is 564. The number of nitrogens with two attached hydrogens (primary N) is 1. The quantitative estimate of drug-likeness (QED) is 0.856. The van der Waals surface area contributed by atoms with Crippen LogP contribution >= 0.6 is 0 Å². The van der Waals surface area contributed by atoms with Gasteiger partial charge < -0.3 is 11.1 Å². The Hall–Kier alpha value is -2.13. The predicted molar refractivity (Wildman–Crippen MR) is 85.9 cm³/mol. The second-order valence-corrected chi connectivity index (χ2v) is 5.25. The van der Waals surface area contributed by atoms with Crippen molar-refractivity contribution in [2.24, 2.45) is 5.73 Å². The molecule has 1 unspecified atom stereocenters. The van der Waals surface area contributed by atoms with Crippen LogP contribution in [-0.4, -0.2) is 12.5 Å². The number of amides is 1. The van der Waals surface area contributed by atoms with Gasteiger partial charge in [-0.2, -0.15) is 0 Å². The lowest BCUT2D eigenvalue weighted by Crippen LogP contribution is -2.33. The molecule has 2 rings (SSSR count). The maximum atomic E-state index is 12.1. The van der Waals surface area contributed by atoms with Gasteiger partial charge >= 0.3 is 0 Å². The first-order chi connectivity index (χ1) is 10.2. The van der Waals surface area contributed by atoms with E-state index < -0.39 is 0 Å². The lowest BCUT2D eigenvalue weighted by molar-refractivity contribution is -0.121. The van der Waals surface area contributed by atoms with Gasteiger partial charge in [0.05, 0.1) is 6.04 Å². The third-order valence-corrected chi connectivity index (χ3v) is 3.53. The molecule has 0 heterocycles. The van der Waals surface area contributed by atoms with Gasteiger partial charge in [-0.05, 0) is 24.5 Å². The minimum Gasteiger partial charge on any atom is -0.348 e. The first-order valence-corrected chi connectivity index (χ1v) is 7.29. The summed E-state index contributed by atoms with van der Waals surface area (Å²) in [7, 11) is 0. The van der Waals surface area contributed by atoms with Gasteiger partial charge in [-0.15, -0.1) is 0 Å². The number of aryl methyl sites for hydroxylation is 2. The molecule has 3 N–H and O–H groups in total. The molecule has 1 atom stereocenters. The van der Waals surface area contributed by atoms with Crippen LogP contribution in [0.15, 0.2) is 54.6 Å². The Balaban J connectivity index is 1.87. The summed E-state index contributed by atoms with van der Waals surface area (Å²) in [5.41, 5.74) is 9.22. The summed E-state index contributed by atoms with van der Waals surface area (Å²) in [6, 6.07) is 18.0. The second kappa shape index (κ2) is 7.60. The van der Waals surface area contributed by atoms with Crippen LogP contribution in [0.3, 0.4) is 0 Å². The topological polar surface area (TPSA) is 55.1 Å². The zero-order valence-corrected chi connectivity index (χ0v) is 12.4. The van der Waals surface area contributed by atoms with Crippen molar-refractivity contribution in [1.29, 1.82) is 0 Å². The van der Waals surface area contributed by atoms with Crippen molar-refractivity contribution in [2.45, 2.75) is 25.8 Å².